The number of rotatable bonds is 9. The lowest BCUT2D eigenvalue weighted by Crippen LogP contribution is -2.21. The Kier molecular flexibility index (Phi) is 7.30. The van der Waals surface area contributed by atoms with Crippen molar-refractivity contribution in [1.82, 2.24) is 9.97 Å². The van der Waals surface area contributed by atoms with E-state index in [9.17, 15) is 0 Å². The fourth-order valence-corrected chi connectivity index (χ4v) is 1.74. The Morgan fingerprint density at radius 1 is 1.20 bits per heavy atom. The van der Waals surface area contributed by atoms with Gasteiger partial charge in [0.25, 0.3) is 0 Å². The third-order valence-electron chi connectivity index (χ3n) is 2.88. The molecule has 0 radical (unpaired) electrons. The molecule has 1 N–H and O–H groups in total. The normalized spacial score (nSPS) is 12.2. The van der Waals surface area contributed by atoms with Crippen LogP contribution in [0, 0.1) is 6.92 Å². The zero-order valence-corrected chi connectivity index (χ0v) is 13.3. The zero-order chi connectivity index (χ0) is 15.0. The Labute approximate surface area is 122 Å². The first-order valence-corrected chi connectivity index (χ1v) is 7.48. The van der Waals surface area contributed by atoms with E-state index in [1.165, 1.54) is 0 Å². The van der Waals surface area contributed by atoms with E-state index >= 15 is 0 Å². The van der Waals surface area contributed by atoms with Crippen molar-refractivity contribution in [2.24, 2.45) is 0 Å². The third-order valence-corrected chi connectivity index (χ3v) is 2.88. The topological polar surface area (TPSA) is 56.3 Å². The molecule has 0 saturated heterocycles. The lowest BCUT2D eigenvalue weighted by Gasteiger charge is -2.18. The van der Waals surface area contributed by atoms with Gasteiger partial charge in [0.15, 0.2) is 0 Å². The second-order valence-corrected chi connectivity index (χ2v) is 4.79. The molecule has 0 aliphatic heterocycles. The van der Waals surface area contributed by atoms with Gasteiger partial charge >= 0.3 is 0 Å². The minimum absolute atomic E-state index is 0.0210. The van der Waals surface area contributed by atoms with Crippen molar-refractivity contribution in [2.45, 2.75) is 53.6 Å². The van der Waals surface area contributed by atoms with E-state index in [0.717, 1.165) is 36.6 Å². The minimum atomic E-state index is -0.0210. The van der Waals surface area contributed by atoms with Crippen LogP contribution in [-0.2, 0) is 11.2 Å². The molecule has 1 aromatic heterocycles. The molecule has 1 rings (SSSR count). The summed E-state index contributed by atoms with van der Waals surface area (Å²) >= 11 is 0. The number of nitrogens with one attached hydrogen (secondary N) is 1. The Morgan fingerprint density at radius 3 is 2.55 bits per heavy atom. The zero-order valence-electron chi connectivity index (χ0n) is 13.3. The molecule has 0 amide bonds. The average molecular weight is 281 g/mol. The SMILES string of the molecule is CCCNc1nc(CC)nc(OC(C)COCC)c1C. The predicted molar refractivity (Wildman–Crippen MR) is 81.5 cm³/mol. The van der Waals surface area contributed by atoms with Gasteiger partial charge in [-0.1, -0.05) is 13.8 Å². The van der Waals surface area contributed by atoms with Gasteiger partial charge in [-0.25, -0.2) is 4.98 Å². The van der Waals surface area contributed by atoms with E-state index < -0.39 is 0 Å². The van der Waals surface area contributed by atoms with Crippen molar-refractivity contribution in [3.8, 4) is 5.88 Å². The number of nitrogens with zero attached hydrogens (tertiary/aromatic N) is 2. The number of ether oxygens (including phenoxy) is 2. The molecule has 0 aromatic carbocycles. The van der Waals surface area contributed by atoms with Gasteiger partial charge in [-0.15, -0.1) is 0 Å². The molecule has 1 aromatic rings. The first-order valence-electron chi connectivity index (χ1n) is 7.48. The van der Waals surface area contributed by atoms with Crippen LogP contribution in [0.3, 0.4) is 0 Å². The van der Waals surface area contributed by atoms with Crippen molar-refractivity contribution < 1.29 is 9.47 Å². The summed E-state index contributed by atoms with van der Waals surface area (Å²) < 4.78 is 11.3. The maximum Gasteiger partial charge on any atom is 0.222 e. The highest BCUT2D eigenvalue weighted by atomic mass is 16.5. The monoisotopic (exact) mass is 281 g/mol. The molecular formula is C15H27N3O2. The number of anilines is 1. The maximum absolute atomic E-state index is 5.89. The number of hydrogen-bond donors (Lipinski definition) is 1. The molecule has 0 aliphatic carbocycles. The van der Waals surface area contributed by atoms with Crippen LogP contribution in [0.4, 0.5) is 5.82 Å². The lowest BCUT2D eigenvalue weighted by atomic mass is 10.3. The summed E-state index contributed by atoms with van der Waals surface area (Å²) in [4.78, 5) is 9.00. The fourth-order valence-electron chi connectivity index (χ4n) is 1.74. The molecule has 20 heavy (non-hydrogen) atoms. The minimum Gasteiger partial charge on any atom is -0.472 e. The summed E-state index contributed by atoms with van der Waals surface area (Å²) in [5, 5.41) is 3.33. The van der Waals surface area contributed by atoms with Crippen molar-refractivity contribution in [3.63, 3.8) is 0 Å². The molecule has 5 nitrogen and oxygen atoms in total. The molecule has 0 aliphatic rings. The number of hydrogen-bond acceptors (Lipinski definition) is 5. The Balaban J connectivity index is 2.87. The van der Waals surface area contributed by atoms with Gasteiger partial charge in [0, 0.05) is 19.6 Å². The van der Waals surface area contributed by atoms with Crippen molar-refractivity contribution in [2.75, 3.05) is 25.1 Å². The maximum atomic E-state index is 5.89. The van der Waals surface area contributed by atoms with E-state index in [1.54, 1.807) is 0 Å². The van der Waals surface area contributed by atoms with Crippen LogP contribution in [0.15, 0.2) is 0 Å². The van der Waals surface area contributed by atoms with E-state index in [1.807, 2.05) is 27.7 Å². The molecule has 1 atom stereocenters. The van der Waals surface area contributed by atoms with Crippen LogP contribution in [0.1, 0.15) is 45.5 Å². The highest BCUT2D eigenvalue weighted by Gasteiger charge is 2.14. The number of aromatic nitrogens is 2. The summed E-state index contributed by atoms with van der Waals surface area (Å²) in [6, 6.07) is 0. The van der Waals surface area contributed by atoms with Crippen molar-refractivity contribution >= 4 is 5.82 Å². The van der Waals surface area contributed by atoms with Gasteiger partial charge in [-0.05, 0) is 27.2 Å². The van der Waals surface area contributed by atoms with E-state index in [2.05, 4.69) is 22.2 Å². The molecule has 5 heteroatoms. The van der Waals surface area contributed by atoms with Gasteiger partial charge in [0.05, 0.1) is 12.2 Å². The summed E-state index contributed by atoms with van der Waals surface area (Å²) in [5.41, 5.74) is 0.957. The van der Waals surface area contributed by atoms with Gasteiger partial charge < -0.3 is 14.8 Å². The first kappa shape index (κ1) is 16.7. The average Bonchev–Trinajstić information content (AvgIpc) is 2.45. The quantitative estimate of drug-likeness (QED) is 0.754. The molecule has 114 valence electrons. The highest BCUT2D eigenvalue weighted by Crippen LogP contribution is 2.23. The summed E-state index contributed by atoms with van der Waals surface area (Å²) in [6.45, 7) is 12.3. The summed E-state index contributed by atoms with van der Waals surface area (Å²) in [7, 11) is 0. The second-order valence-electron chi connectivity index (χ2n) is 4.79. The molecule has 0 spiro atoms. The van der Waals surface area contributed by atoms with Crippen molar-refractivity contribution in [3.05, 3.63) is 11.4 Å². The molecule has 0 fully saturated rings. The van der Waals surface area contributed by atoms with Crippen LogP contribution in [-0.4, -0.2) is 35.8 Å². The molecule has 1 heterocycles. The number of aryl methyl sites for hydroxylation is 1. The largest absolute Gasteiger partial charge is 0.472 e. The van der Waals surface area contributed by atoms with Crippen LogP contribution >= 0.6 is 0 Å². The Bertz CT molecular complexity index is 410. The first-order chi connectivity index (χ1) is 9.62. The van der Waals surface area contributed by atoms with Crippen LogP contribution in [0.25, 0.3) is 0 Å². The second kappa shape index (κ2) is 8.74. The van der Waals surface area contributed by atoms with Crippen molar-refractivity contribution in [1.29, 1.82) is 0 Å². The summed E-state index contributed by atoms with van der Waals surface area (Å²) in [5.74, 6) is 2.33. The Morgan fingerprint density at radius 2 is 1.95 bits per heavy atom. The fraction of sp³-hybridized carbons (Fsp3) is 0.733. The Hall–Kier alpha value is -1.36. The molecule has 0 saturated carbocycles. The standard InChI is InChI=1S/C15H27N3O2/c1-6-9-16-14-12(5)15(18-13(7-2)17-14)20-11(4)10-19-8-3/h11H,6-10H2,1-5H3,(H,16,17,18). The molecule has 0 bridgehead atoms. The van der Waals surface area contributed by atoms with Gasteiger partial charge in [-0.2, -0.15) is 4.98 Å². The molecular weight excluding hydrogens is 254 g/mol. The van der Waals surface area contributed by atoms with Crippen LogP contribution < -0.4 is 10.1 Å². The lowest BCUT2D eigenvalue weighted by molar-refractivity contribution is 0.0628. The van der Waals surface area contributed by atoms with Gasteiger partial charge in [-0.3, -0.25) is 0 Å². The van der Waals surface area contributed by atoms with Gasteiger partial charge in [0.1, 0.15) is 17.7 Å². The van der Waals surface area contributed by atoms with Gasteiger partial charge in [0.2, 0.25) is 5.88 Å². The van der Waals surface area contributed by atoms with E-state index in [-0.39, 0.29) is 6.10 Å². The van der Waals surface area contributed by atoms with Crippen LogP contribution in [0.5, 0.6) is 5.88 Å². The molecule has 1 unspecified atom stereocenters. The third kappa shape index (κ3) is 4.96. The highest BCUT2D eigenvalue weighted by molar-refractivity contribution is 5.48. The smallest absolute Gasteiger partial charge is 0.222 e. The summed E-state index contributed by atoms with van der Waals surface area (Å²) in [6.07, 6.45) is 1.83. The van der Waals surface area contributed by atoms with E-state index in [0.29, 0.717) is 19.1 Å². The van der Waals surface area contributed by atoms with E-state index in [4.69, 9.17) is 9.47 Å². The van der Waals surface area contributed by atoms with Crippen LogP contribution in [0.2, 0.25) is 0 Å². The predicted octanol–water partition coefficient (Wildman–Crippen LogP) is 2.97.